The lowest BCUT2D eigenvalue weighted by Crippen LogP contribution is -2.21. The molecule has 0 amide bonds. The number of hydrogen-bond acceptors (Lipinski definition) is 6. The Labute approximate surface area is 146 Å². The van der Waals surface area contributed by atoms with Gasteiger partial charge in [-0.15, -0.1) is 0 Å². The van der Waals surface area contributed by atoms with Gasteiger partial charge in [0.1, 0.15) is 5.69 Å². The van der Waals surface area contributed by atoms with E-state index in [-0.39, 0.29) is 5.88 Å². The molecular formula is C18H22N6O. The Hall–Kier alpha value is -2.67. The number of likely N-dealkylation sites (tertiary alicyclic amines) is 1. The van der Waals surface area contributed by atoms with Crippen LogP contribution in [0.4, 0.5) is 11.8 Å². The van der Waals surface area contributed by atoms with Crippen LogP contribution in [-0.2, 0) is 6.54 Å². The molecule has 0 unspecified atom stereocenters. The normalized spacial score (nSPS) is 18.3. The molecule has 1 saturated heterocycles. The molecule has 4 heterocycles. The summed E-state index contributed by atoms with van der Waals surface area (Å²) in [6.45, 7) is 4.04. The predicted octanol–water partition coefficient (Wildman–Crippen LogP) is 2.31. The fourth-order valence-corrected chi connectivity index (χ4v) is 3.44. The molecule has 0 radical (unpaired) electrons. The van der Waals surface area contributed by atoms with E-state index < -0.39 is 0 Å². The summed E-state index contributed by atoms with van der Waals surface area (Å²) in [5.74, 6) is 1.13. The van der Waals surface area contributed by atoms with Crippen LogP contribution in [0.2, 0.25) is 0 Å². The van der Waals surface area contributed by atoms with Gasteiger partial charge >= 0.3 is 0 Å². The van der Waals surface area contributed by atoms with Crippen LogP contribution in [0.25, 0.3) is 11.6 Å². The largest absolute Gasteiger partial charge is 0.493 e. The van der Waals surface area contributed by atoms with Crippen LogP contribution in [0.3, 0.4) is 0 Å². The van der Waals surface area contributed by atoms with Gasteiger partial charge in [-0.3, -0.25) is 4.57 Å². The van der Waals surface area contributed by atoms with Crippen molar-refractivity contribution >= 4 is 29.6 Å². The number of nitrogens with zero attached hydrogens (tertiary/aromatic N) is 5. The number of anilines is 1. The Morgan fingerprint density at radius 2 is 2.08 bits per heavy atom. The number of imidazole rings is 1. The van der Waals surface area contributed by atoms with E-state index in [1.54, 1.807) is 23.1 Å². The van der Waals surface area contributed by atoms with Gasteiger partial charge in [0.2, 0.25) is 11.8 Å². The monoisotopic (exact) mass is 338 g/mol. The van der Waals surface area contributed by atoms with E-state index in [1.807, 2.05) is 12.1 Å². The first-order chi connectivity index (χ1) is 12.2. The lowest BCUT2D eigenvalue weighted by atomic mass is 10.1. The van der Waals surface area contributed by atoms with Gasteiger partial charge in [-0.05, 0) is 57.1 Å². The summed E-state index contributed by atoms with van der Waals surface area (Å²) in [6, 6.07) is 3.82. The number of rotatable bonds is 5. The molecule has 2 aromatic heterocycles. The van der Waals surface area contributed by atoms with E-state index in [9.17, 15) is 5.11 Å². The maximum Gasteiger partial charge on any atom is 0.220 e. The molecule has 0 bridgehead atoms. The van der Waals surface area contributed by atoms with Crippen molar-refractivity contribution in [2.24, 2.45) is 4.99 Å². The zero-order chi connectivity index (χ0) is 17.2. The van der Waals surface area contributed by atoms with Crippen molar-refractivity contribution in [2.75, 3.05) is 25.4 Å². The fraction of sp³-hybridized carbons (Fsp3) is 0.389. The first-order valence-electron chi connectivity index (χ1n) is 8.71. The number of allylic oxidation sites excluding steroid dienone is 1. The molecule has 0 aromatic carbocycles. The van der Waals surface area contributed by atoms with Crippen molar-refractivity contribution in [1.82, 2.24) is 19.4 Å². The molecule has 2 aromatic rings. The molecule has 25 heavy (non-hydrogen) atoms. The highest BCUT2D eigenvalue weighted by molar-refractivity contribution is 6.20. The van der Waals surface area contributed by atoms with Crippen LogP contribution in [-0.4, -0.2) is 50.4 Å². The van der Waals surface area contributed by atoms with Crippen molar-refractivity contribution in [3.8, 4) is 5.88 Å². The number of aromatic nitrogens is 3. The summed E-state index contributed by atoms with van der Waals surface area (Å²) in [6.07, 6.45) is 8.77. The Kier molecular flexibility index (Phi) is 4.23. The summed E-state index contributed by atoms with van der Waals surface area (Å²) in [7, 11) is 0. The molecule has 3 N–H and O–H groups in total. The zero-order valence-corrected chi connectivity index (χ0v) is 14.1. The van der Waals surface area contributed by atoms with Gasteiger partial charge < -0.3 is 15.7 Å². The number of aliphatic imine (C=N–C) groups is 1. The zero-order valence-electron chi connectivity index (χ0n) is 14.1. The van der Waals surface area contributed by atoms with E-state index >= 15 is 0 Å². The van der Waals surface area contributed by atoms with Crippen molar-refractivity contribution in [2.45, 2.75) is 25.8 Å². The maximum absolute atomic E-state index is 10.5. The summed E-state index contributed by atoms with van der Waals surface area (Å²) in [4.78, 5) is 15.3. The molecule has 7 nitrogen and oxygen atoms in total. The van der Waals surface area contributed by atoms with Gasteiger partial charge in [-0.25, -0.2) is 15.0 Å². The summed E-state index contributed by atoms with van der Waals surface area (Å²) < 4.78 is 1.68. The number of hydrogen-bond donors (Lipinski definition) is 2. The Morgan fingerprint density at radius 3 is 2.92 bits per heavy atom. The van der Waals surface area contributed by atoms with Gasteiger partial charge in [-0.1, -0.05) is 0 Å². The third kappa shape index (κ3) is 3.15. The highest BCUT2D eigenvalue weighted by atomic mass is 16.3. The number of aromatic hydroxyl groups is 1. The molecule has 1 fully saturated rings. The van der Waals surface area contributed by atoms with Gasteiger partial charge in [0.15, 0.2) is 5.82 Å². The van der Waals surface area contributed by atoms with Crippen molar-refractivity contribution < 1.29 is 5.11 Å². The average molecular weight is 338 g/mol. The molecular weight excluding hydrogens is 316 g/mol. The minimum absolute atomic E-state index is 0.108. The topological polar surface area (TPSA) is 92.6 Å². The molecule has 0 saturated carbocycles. The minimum atomic E-state index is 0.108. The number of pyridine rings is 1. The van der Waals surface area contributed by atoms with Gasteiger partial charge in [-0.2, -0.15) is 0 Å². The van der Waals surface area contributed by atoms with Crippen LogP contribution < -0.4 is 5.73 Å². The number of nitrogen functional groups attached to an aromatic ring is 1. The van der Waals surface area contributed by atoms with Crippen molar-refractivity contribution in [1.29, 1.82) is 0 Å². The second-order valence-corrected chi connectivity index (χ2v) is 6.47. The standard InChI is InChI=1S/C18H22N6O/c19-18-22-15(11-13-12-21-16-14(13)5-3-6-20-16)17(25)24(18)10-4-9-23-7-1-2-8-23/h3,5-6,11-12,25H,1-2,4,7-10H2,(H2,19,22)/b13-11-. The first-order valence-corrected chi connectivity index (χ1v) is 8.71. The highest BCUT2D eigenvalue weighted by Crippen LogP contribution is 2.32. The van der Waals surface area contributed by atoms with E-state index in [1.165, 1.54) is 25.9 Å². The lowest BCUT2D eigenvalue weighted by Gasteiger charge is -2.14. The SMILES string of the molecule is Nc1nc(/C=C2/C=Nc3ncccc32)c(O)n1CCCN1CCCC1. The summed E-state index contributed by atoms with van der Waals surface area (Å²) in [5.41, 5.74) is 8.29. The van der Waals surface area contributed by atoms with E-state index in [0.717, 1.165) is 24.1 Å². The minimum Gasteiger partial charge on any atom is -0.493 e. The van der Waals surface area contributed by atoms with E-state index in [0.29, 0.717) is 24.0 Å². The molecule has 4 rings (SSSR count). The molecule has 0 spiro atoms. The molecule has 0 aliphatic carbocycles. The first kappa shape index (κ1) is 15.8. The predicted molar refractivity (Wildman–Crippen MR) is 98.9 cm³/mol. The van der Waals surface area contributed by atoms with Crippen LogP contribution >= 0.6 is 0 Å². The smallest absolute Gasteiger partial charge is 0.220 e. The lowest BCUT2D eigenvalue weighted by molar-refractivity contribution is 0.320. The number of fused-ring (bicyclic) bond motifs is 1. The van der Waals surface area contributed by atoms with Gasteiger partial charge in [0, 0.05) is 30.1 Å². The van der Waals surface area contributed by atoms with E-state index in [4.69, 9.17) is 5.73 Å². The second kappa shape index (κ2) is 6.68. The molecule has 0 atom stereocenters. The summed E-state index contributed by atoms with van der Waals surface area (Å²) >= 11 is 0. The van der Waals surface area contributed by atoms with Gasteiger partial charge in [0.25, 0.3) is 0 Å². The van der Waals surface area contributed by atoms with Crippen LogP contribution in [0, 0.1) is 0 Å². The summed E-state index contributed by atoms with van der Waals surface area (Å²) in [5, 5.41) is 10.5. The quantitative estimate of drug-likeness (QED) is 0.873. The highest BCUT2D eigenvalue weighted by Gasteiger charge is 2.18. The van der Waals surface area contributed by atoms with E-state index in [2.05, 4.69) is 19.9 Å². The molecule has 2 aliphatic rings. The fourth-order valence-electron chi connectivity index (χ4n) is 3.44. The Balaban J connectivity index is 1.50. The van der Waals surface area contributed by atoms with Gasteiger partial charge in [0.05, 0.1) is 0 Å². The van der Waals surface area contributed by atoms with Crippen LogP contribution in [0.15, 0.2) is 23.3 Å². The molecule has 2 aliphatic heterocycles. The third-order valence-corrected chi connectivity index (χ3v) is 4.77. The van der Waals surface area contributed by atoms with Crippen LogP contribution in [0.1, 0.15) is 30.5 Å². The van der Waals surface area contributed by atoms with Crippen molar-refractivity contribution in [3.05, 3.63) is 29.6 Å². The second-order valence-electron chi connectivity index (χ2n) is 6.47. The third-order valence-electron chi connectivity index (χ3n) is 4.77. The average Bonchev–Trinajstić information content (AvgIpc) is 3.32. The van der Waals surface area contributed by atoms with Crippen molar-refractivity contribution in [3.63, 3.8) is 0 Å². The Bertz CT molecular complexity index is 832. The van der Waals surface area contributed by atoms with Crippen LogP contribution in [0.5, 0.6) is 5.88 Å². The molecule has 130 valence electrons. The number of nitrogens with two attached hydrogens (primary N) is 1. The molecule has 7 heteroatoms. The maximum atomic E-state index is 10.5. The Morgan fingerprint density at radius 1 is 1.24 bits per heavy atom.